The van der Waals surface area contributed by atoms with Crippen molar-refractivity contribution in [2.75, 3.05) is 18.4 Å². The second kappa shape index (κ2) is 7.71. The van der Waals surface area contributed by atoms with Gasteiger partial charge in [-0.2, -0.15) is 0 Å². The summed E-state index contributed by atoms with van der Waals surface area (Å²) in [7, 11) is 0. The first-order valence-electron chi connectivity index (χ1n) is 6.44. The van der Waals surface area contributed by atoms with Crippen molar-refractivity contribution in [3.8, 4) is 0 Å². The summed E-state index contributed by atoms with van der Waals surface area (Å²) in [4.78, 5) is 15.9. The molecule has 0 saturated heterocycles. The molecule has 0 fully saturated rings. The number of amides is 1. The molecule has 0 bridgehead atoms. The van der Waals surface area contributed by atoms with Gasteiger partial charge in [0.15, 0.2) is 0 Å². The first-order chi connectivity index (χ1) is 8.71. The molecular formula is C12H21N5O. The van der Waals surface area contributed by atoms with Gasteiger partial charge in [-0.15, -0.1) is 10.2 Å². The van der Waals surface area contributed by atoms with Crippen molar-refractivity contribution in [3.63, 3.8) is 0 Å². The summed E-state index contributed by atoms with van der Waals surface area (Å²) < 4.78 is 0. The molecule has 1 heterocycles. The van der Waals surface area contributed by atoms with Crippen LogP contribution >= 0.6 is 0 Å². The molecule has 1 aromatic heterocycles. The van der Waals surface area contributed by atoms with Gasteiger partial charge in [0.05, 0.1) is 11.4 Å². The van der Waals surface area contributed by atoms with Crippen molar-refractivity contribution >= 4 is 11.9 Å². The molecule has 0 saturated carbocycles. The number of hydrogen-bond donors (Lipinski definition) is 2. The highest BCUT2D eigenvalue weighted by molar-refractivity contribution is 5.88. The van der Waals surface area contributed by atoms with Crippen LogP contribution in [-0.2, 0) is 17.6 Å². The maximum Gasteiger partial charge on any atom is 0.249 e. The molecule has 0 aromatic carbocycles. The molecule has 1 rings (SSSR count). The number of aromatic nitrogens is 3. The van der Waals surface area contributed by atoms with Gasteiger partial charge in [-0.05, 0) is 19.4 Å². The van der Waals surface area contributed by atoms with Crippen LogP contribution in [0.2, 0.25) is 0 Å². The lowest BCUT2D eigenvalue weighted by atomic mass is 10.2. The minimum atomic E-state index is -0.0935. The topological polar surface area (TPSA) is 79.8 Å². The largest absolute Gasteiger partial charge is 0.316 e. The predicted molar refractivity (Wildman–Crippen MR) is 70.4 cm³/mol. The molecule has 1 aromatic rings. The van der Waals surface area contributed by atoms with Crippen LogP contribution in [0, 0.1) is 0 Å². The summed E-state index contributed by atoms with van der Waals surface area (Å²) in [5.74, 6) is 0.203. The Bertz CT molecular complexity index is 394. The van der Waals surface area contributed by atoms with E-state index in [4.69, 9.17) is 0 Å². The van der Waals surface area contributed by atoms with Crippen LogP contribution in [0.5, 0.6) is 0 Å². The van der Waals surface area contributed by atoms with Gasteiger partial charge in [0.25, 0.3) is 0 Å². The Labute approximate surface area is 108 Å². The van der Waals surface area contributed by atoms with Crippen LogP contribution in [0.25, 0.3) is 0 Å². The lowest BCUT2D eigenvalue weighted by Gasteiger charge is -2.07. The molecule has 0 aliphatic rings. The second-order valence-electron chi connectivity index (χ2n) is 3.89. The fraction of sp³-hybridized carbons (Fsp3) is 0.667. The molecular weight excluding hydrogens is 230 g/mol. The Morgan fingerprint density at radius 1 is 1.11 bits per heavy atom. The van der Waals surface area contributed by atoms with Crippen molar-refractivity contribution in [1.82, 2.24) is 20.5 Å². The Kier molecular flexibility index (Phi) is 6.21. The molecule has 1 amide bonds. The first-order valence-corrected chi connectivity index (χ1v) is 6.44. The maximum absolute atomic E-state index is 11.6. The zero-order valence-electron chi connectivity index (χ0n) is 11.3. The number of aryl methyl sites for hydroxylation is 2. The third-order valence-corrected chi connectivity index (χ3v) is 2.54. The summed E-state index contributed by atoms with van der Waals surface area (Å²) in [6.07, 6.45) is 2.00. The lowest BCUT2D eigenvalue weighted by Crippen LogP contribution is -2.22. The van der Waals surface area contributed by atoms with Gasteiger partial charge >= 0.3 is 0 Å². The third kappa shape index (κ3) is 4.37. The molecule has 0 aliphatic heterocycles. The van der Waals surface area contributed by atoms with Gasteiger partial charge in [0.1, 0.15) is 0 Å². The number of nitrogens with zero attached hydrogens (tertiary/aromatic N) is 3. The number of nitrogens with one attached hydrogen (secondary N) is 2. The highest BCUT2D eigenvalue weighted by Crippen LogP contribution is 2.06. The highest BCUT2D eigenvalue weighted by atomic mass is 16.1. The van der Waals surface area contributed by atoms with Gasteiger partial charge in [0.2, 0.25) is 11.9 Å². The summed E-state index contributed by atoms with van der Waals surface area (Å²) in [5.41, 5.74) is 1.79. The first kappa shape index (κ1) is 14.5. The summed E-state index contributed by atoms with van der Waals surface area (Å²) in [5, 5.41) is 13.7. The van der Waals surface area contributed by atoms with Gasteiger partial charge in [-0.3, -0.25) is 10.1 Å². The average molecular weight is 251 g/mol. The van der Waals surface area contributed by atoms with Crippen LogP contribution in [0.3, 0.4) is 0 Å². The minimum Gasteiger partial charge on any atom is -0.316 e. The number of carbonyl (C=O) groups is 1. The van der Waals surface area contributed by atoms with E-state index in [1.165, 1.54) is 0 Å². The normalized spacial score (nSPS) is 10.4. The average Bonchev–Trinajstić information content (AvgIpc) is 2.39. The summed E-state index contributed by atoms with van der Waals surface area (Å²) in [6, 6.07) is 0. The van der Waals surface area contributed by atoms with E-state index >= 15 is 0 Å². The van der Waals surface area contributed by atoms with Crippen molar-refractivity contribution in [3.05, 3.63) is 11.4 Å². The van der Waals surface area contributed by atoms with E-state index < -0.39 is 0 Å². The van der Waals surface area contributed by atoms with Crippen LogP contribution in [0.1, 0.15) is 38.6 Å². The van der Waals surface area contributed by atoms with Gasteiger partial charge < -0.3 is 5.32 Å². The lowest BCUT2D eigenvalue weighted by molar-refractivity contribution is -0.116. The third-order valence-electron chi connectivity index (χ3n) is 2.54. The Hall–Kier alpha value is -1.56. The van der Waals surface area contributed by atoms with Crippen molar-refractivity contribution < 1.29 is 4.79 Å². The zero-order chi connectivity index (χ0) is 13.4. The molecule has 0 unspecified atom stereocenters. The van der Waals surface area contributed by atoms with Gasteiger partial charge in [0, 0.05) is 13.0 Å². The zero-order valence-corrected chi connectivity index (χ0v) is 11.3. The standard InChI is InChI=1S/C12H21N5O/c1-4-9-10(5-2)16-17-12(14-9)15-11(18)7-8-13-6-3/h13H,4-8H2,1-3H3,(H,14,15,17,18). The Morgan fingerprint density at radius 3 is 2.44 bits per heavy atom. The van der Waals surface area contributed by atoms with Crippen LogP contribution in [0.4, 0.5) is 5.95 Å². The molecule has 0 radical (unpaired) electrons. The van der Waals surface area contributed by atoms with Crippen molar-refractivity contribution in [2.24, 2.45) is 0 Å². The molecule has 100 valence electrons. The van der Waals surface area contributed by atoms with E-state index in [9.17, 15) is 4.79 Å². The van der Waals surface area contributed by atoms with E-state index in [1.54, 1.807) is 0 Å². The number of carbonyl (C=O) groups excluding carboxylic acids is 1. The molecule has 0 atom stereocenters. The Morgan fingerprint density at radius 2 is 1.83 bits per heavy atom. The summed E-state index contributed by atoms with van der Waals surface area (Å²) in [6.45, 7) is 7.54. The summed E-state index contributed by atoms with van der Waals surface area (Å²) >= 11 is 0. The predicted octanol–water partition coefficient (Wildman–Crippen LogP) is 0.934. The molecule has 0 aliphatic carbocycles. The fourth-order valence-corrected chi connectivity index (χ4v) is 1.56. The molecule has 2 N–H and O–H groups in total. The maximum atomic E-state index is 11.6. The van der Waals surface area contributed by atoms with Crippen molar-refractivity contribution in [2.45, 2.75) is 40.0 Å². The smallest absolute Gasteiger partial charge is 0.249 e. The van der Waals surface area contributed by atoms with Crippen molar-refractivity contribution in [1.29, 1.82) is 0 Å². The molecule has 18 heavy (non-hydrogen) atoms. The molecule has 6 nitrogen and oxygen atoms in total. The van der Waals surface area contributed by atoms with E-state index in [0.717, 1.165) is 30.8 Å². The van der Waals surface area contributed by atoms with Crippen LogP contribution in [-0.4, -0.2) is 34.2 Å². The molecule has 0 spiro atoms. The van der Waals surface area contributed by atoms with Crippen LogP contribution in [0.15, 0.2) is 0 Å². The number of hydrogen-bond acceptors (Lipinski definition) is 5. The number of rotatable bonds is 7. The minimum absolute atomic E-state index is 0.0935. The van der Waals surface area contributed by atoms with E-state index in [1.807, 2.05) is 20.8 Å². The second-order valence-corrected chi connectivity index (χ2v) is 3.89. The van der Waals surface area contributed by atoms with E-state index in [0.29, 0.717) is 18.9 Å². The SMILES string of the molecule is CCNCCC(=O)Nc1nnc(CC)c(CC)n1. The Balaban J connectivity index is 2.59. The van der Waals surface area contributed by atoms with Gasteiger partial charge in [-0.25, -0.2) is 4.98 Å². The highest BCUT2D eigenvalue weighted by Gasteiger charge is 2.08. The van der Waals surface area contributed by atoms with E-state index in [-0.39, 0.29) is 5.91 Å². The van der Waals surface area contributed by atoms with Crippen LogP contribution < -0.4 is 10.6 Å². The fourth-order valence-electron chi connectivity index (χ4n) is 1.56. The molecule has 6 heteroatoms. The van der Waals surface area contributed by atoms with E-state index in [2.05, 4.69) is 25.8 Å². The monoisotopic (exact) mass is 251 g/mol. The number of anilines is 1. The van der Waals surface area contributed by atoms with Gasteiger partial charge in [-0.1, -0.05) is 20.8 Å². The quantitative estimate of drug-likeness (QED) is 0.705.